The van der Waals surface area contributed by atoms with Crippen molar-refractivity contribution in [2.75, 3.05) is 21.3 Å². The number of hydrogen-bond donors (Lipinski definition) is 1. The lowest BCUT2D eigenvalue weighted by molar-refractivity contribution is -0.137. The van der Waals surface area contributed by atoms with E-state index in [0.717, 1.165) is 31.2 Å². The van der Waals surface area contributed by atoms with Gasteiger partial charge in [0, 0.05) is 32.1 Å². The van der Waals surface area contributed by atoms with Crippen LogP contribution in [0.15, 0.2) is 18.2 Å². The maximum absolute atomic E-state index is 12.9. The summed E-state index contributed by atoms with van der Waals surface area (Å²) >= 11 is 0. The molecule has 0 bridgehead atoms. The molecular formula is C19H28N2O4. The quantitative estimate of drug-likeness (QED) is 0.821. The van der Waals surface area contributed by atoms with Crippen molar-refractivity contribution in [3.05, 3.63) is 23.8 Å². The van der Waals surface area contributed by atoms with Gasteiger partial charge in [0.15, 0.2) is 0 Å². The number of hydrogen-bond acceptors (Lipinski definition) is 4. The molecule has 2 rings (SSSR count). The SMILES string of the molecule is COc1ccc(CN(C)C(=O)C(NC(C)=O)C2CCCC2)c(OC)c1. The third-order valence-electron chi connectivity index (χ3n) is 4.77. The molecule has 0 radical (unpaired) electrons. The number of benzene rings is 1. The van der Waals surface area contributed by atoms with E-state index in [2.05, 4.69) is 5.32 Å². The smallest absolute Gasteiger partial charge is 0.245 e. The molecule has 1 atom stereocenters. The number of nitrogens with one attached hydrogen (secondary N) is 1. The van der Waals surface area contributed by atoms with Gasteiger partial charge in [0.05, 0.1) is 14.2 Å². The Hall–Kier alpha value is -2.24. The summed E-state index contributed by atoms with van der Waals surface area (Å²) in [5.74, 6) is 1.38. The van der Waals surface area contributed by atoms with E-state index in [1.165, 1.54) is 6.92 Å². The zero-order valence-electron chi connectivity index (χ0n) is 15.5. The van der Waals surface area contributed by atoms with Gasteiger partial charge in [-0.05, 0) is 30.9 Å². The molecule has 25 heavy (non-hydrogen) atoms. The Morgan fingerprint density at radius 3 is 2.48 bits per heavy atom. The summed E-state index contributed by atoms with van der Waals surface area (Å²) in [4.78, 5) is 26.1. The summed E-state index contributed by atoms with van der Waals surface area (Å²) in [6, 6.07) is 5.09. The van der Waals surface area contributed by atoms with Crippen molar-refractivity contribution in [2.24, 2.45) is 5.92 Å². The summed E-state index contributed by atoms with van der Waals surface area (Å²) in [6.07, 6.45) is 4.20. The maximum atomic E-state index is 12.9. The van der Waals surface area contributed by atoms with Crippen LogP contribution in [-0.2, 0) is 16.1 Å². The molecule has 1 N–H and O–H groups in total. The molecule has 1 saturated carbocycles. The molecule has 0 saturated heterocycles. The molecule has 1 fully saturated rings. The summed E-state index contributed by atoms with van der Waals surface area (Å²) in [5, 5.41) is 2.85. The van der Waals surface area contributed by atoms with Crippen molar-refractivity contribution in [3.63, 3.8) is 0 Å². The van der Waals surface area contributed by atoms with Crippen molar-refractivity contribution >= 4 is 11.8 Å². The molecule has 0 aromatic heterocycles. The highest BCUT2D eigenvalue weighted by Gasteiger charge is 2.33. The van der Waals surface area contributed by atoms with Gasteiger partial charge in [0.1, 0.15) is 17.5 Å². The molecule has 1 aliphatic carbocycles. The molecule has 6 heteroatoms. The lowest BCUT2D eigenvalue weighted by Gasteiger charge is -2.28. The first-order valence-corrected chi connectivity index (χ1v) is 8.69. The number of carbonyl (C=O) groups is 2. The second kappa shape index (κ2) is 8.74. The average molecular weight is 348 g/mol. The Kier molecular flexibility index (Phi) is 6.67. The van der Waals surface area contributed by atoms with Crippen LogP contribution in [0.5, 0.6) is 11.5 Å². The van der Waals surface area contributed by atoms with Gasteiger partial charge in [-0.15, -0.1) is 0 Å². The molecule has 0 spiro atoms. The van der Waals surface area contributed by atoms with E-state index in [4.69, 9.17) is 9.47 Å². The van der Waals surface area contributed by atoms with Crippen LogP contribution in [0.4, 0.5) is 0 Å². The third-order valence-corrected chi connectivity index (χ3v) is 4.77. The zero-order valence-corrected chi connectivity index (χ0v) is 15.5. The van der Waals surface area contributed by atoms with E-state index in [1.807, 2.05) is 12.1 Å². The minimum Gasteiger partial charge on any atom is -0.497 e. The topological polar surface area (TPSA) is 67.9 Å². The fourth-order valence-electron chi connectivity index (χ4n) is 3.44. The molecule has 1 aromatic rings. The lowest BCUT2D eigenvalue weighted by atomic mass is 9.96. The Bertz CT molecular complexity index is 611. The fourth-order valence-corrected chi connectivity index (χ4v) is 3.44. The van der Waals surface area contributed by atoms with Crippen LogP contribution in [0.2, 0.25) is 0 Å². The highest BCUT2D eigenvalue weighted by Crippen LogP contribution is 2.30. The molecule has 1 aromatic carbocycles. The molecule has 138 valence electrons. The monoisotopic (exact) mass is 348 g/mol. The van der Waals surface area contributed by atoms with E-state index in [-0.39, 0.29) is 17.7 Å². The number of amides is 2. The Morgan fingerprint density at radius 1 is 1.24 bits per heavy atom. The zero-order chi connectivity index (χ0) is 18.4. The number of rotatable bonds is 7. The molecule has 0 heterocycles. The second-order valence-electron chi connectivity index (χ2n) is 6.59. The molecule has 1 unspecified atom stereocenters. The van der Waals surface area contributed by atoms with Gasteiger partial charge >= 0.3 is 0 Å². The molecule has 0 aliphatic heterocycles. The Morgan fingerprint density at radius 2 is 1.92 bits per heavy atom. The second-order valence-corrected chi connectivity index (χ2v) is 6.59. The van der Waals surface area contributed by atoms with E-state index in [9.17, 15) is 9.59 Å². The van der Waals surface area contributed by atoms with Gasteiger partial charge in [-0.25, -0.2) is 0 Å². The highest BCUT2D eigenvalue weighted by atomic mass is 16.5. The molecular weight excluding hydrogens is 320 g/mol. The van der Waals surface area contributed by atoms with Crippen LogP contribution < -0.4 is 14.8 Å². The first-order valence-electron chi connectivity index (χ1n) is 8.69. The minimum atomic E-state index is -0.450. The number of likely N-dealkylation sites (N-methyl/N-ethyl adjacent to an activating group) is 1. The van der Waals surface area contributed by atoms with E-state index in [0.29, 0.717) is 18.0 Å². The van der Waals surface area contributed by atoms with Crippen LogP contribution in [-0.4, -0.2) is 44.0 Å². The van der Waals surface area contributed by atoms with Crippen LogP contribution in [0.1, 0.15) is 38.2 Å². The van der Waals surface area contributed by atoms with Crippen LogP contribution >= 0.6 is 0 Å². The average Bonchev–Trinajstić information content (AvgIpc) is 3.13. The Labute approximate surface area is 149 Å². The number of ether oxygens (including phenoxy) is 2. The van der Waals surface area contributed by atoms with Gasteiger partial charge in [0.25, 0.3) is 0 Å². The maximum Gasteiger partial charge on any atom is 0.245 e. The summed E-state index contributed by atoms with van der Waals surface area (Å²) in [5.41, 5.74) is 0.896. The standard InChI is InChI=1S/C19H28N2O4/c1-13(22)20-18(14-7-5-6-8-14)19(23)21(2)12-15-9-10-16(24-3)11-17(15)25-4/h9-11,14,18H,5-8,12H2,1-4H3,(H,20,22). The van der Waals surface area contributed by atoms with Crippen LogP contribution in [0, 0.1) is 5.92 Å². The molecule has 2 amide bonds. The third kappa shape index (κ3) is 4.87. The fraction of sp³-hybridized carbons (Fsp3) is 0.579. The predicted octanol–water partition coefficient (Wildman–Crippen LogP) is 2.36. The largest absolute Gasteiger partial charge is 0.497 e. The Balaban J connectivity index is 2.13. The summed E-state index contributed by atoms with van der Waals surface area (Å²) in [7, 11) is 4.96. The van der Waals surface area contributed by atoms with Gasteiger partial charge in [-0.2, -0.15) is 0 Å². The van der Waals surface area contributed by atoms with Gasteiger partial charge in [-0.3, -0.25) is 9.59 Å². The van der Waals surface area contributed by atoms with E-state index in [1.54, 1.807) is 32.2 Å². The number of nitrogens with zero attached hydrogens (tertiary/aromatic N) is 1. The number of methoxy groups -OCH3 is 2. The van der Waals surface area contributed by atoms with E-state index >= 15 is 0 Å². The van der Waals surface area contributed by atoms with Crippen molar-refractivity contribution in [3.8, 4) is 11.5 Å². The van der Waals surface area contributed by atoms with Gasteiger partial charge < -0.3 is 19.7 Å². The summed E-state index contributed by atoms with van der Waals surface area (Å²) in [6.45, 7) is 1.87. The highest BCUT2D eigenvalue weighted by molar-refractivity contribution is 5.87. The predicted molar refractivity (Wildman–Crippen MR) is 95.6 cm³/mol. The van der Waals surface area contributed by atoms with Crippen molar-refractivity contribution < 1.29 is 19.1 Å². The number of carbonyl (C=O) groups excluding carboxylic acids is 2. The molecule has 1 aliphatic rings. The van der Waals surface area contributed by atoms with Crippen molar-refractivity contribution in [1.82, 2.24) is 10.2 Å². The molecule has 6 nitrogen and oxygen atoms in total. The van der Waals surface area contributed by atoms with Crippen molar-refractivity contribution in [1.29, 1.82) is 0 Å². The van der Waals surface area contributed by atoms with Gasteiger partial charge in [0.2, 0.25) is 11.8 Å². The first-order chi connectivity index (χ1) is 12.0. The van der Waals surface area contributed by atoms with Crippen LogP contribution in [0.3, 0.4) is 0 Å². The summed E-state index contributed by atoms with van der Waals surface area (Å²) < 4.78 is 10.6. The lowest BCUT2D eigenvalue weighted by Crippen LogP contribution is -2.50. The van der Waals surface area contributed by atoms with Gasteiger partial charge in [-0.1, -0.05) is 12.8 Å². The van der Waals surface area contributed by atoms with Crippen molar-refractivity contribution in [2.45, 2.75) is 45.2 Å². The minimum absolute atomic E-state index is 0.0556. The van der Waals surface area contributed by atoms with E-state index < -0.39 is 6.04 Å². The normalized spacial score (nSPS) is 15.5. The van der Waals surface area contributed by atoms with Crippen LogP contribution in [0.25, 0.3) is 0 Å². The first kappa shape index (κ1) is 19.1.